The van der Waals surface area contributed by atoms with Gasteiger partial charge in [-0.05, 0) is 49.1 Å². The van der Waals surface area contributed by atoms with Gasteiger partial charge in [-0.15, -0.1) is 0 Å². The van der Waals surface area contributed by atoms with Gasteiger partial charge in [0.25, 0.3) is 5.91 Å². The second-order valence-electron chi connectivity index (χ2n) is 6.11. The summed E-state index contributed by atoms with van der Waals surface area (Å²) in [6, 6.07) is 16.2. The molecule has 5 heteroatoms. The minimum atomic E-state index is -0.620. The molecule has 3 rings (SSSR count). The topological polar surface area (TPSA) is 84.2 Å². The average Bonchev–Trinajstić information content (AvgIpc) is 3.40. The molecule has 0 radical (unpaired) electrons. The van der Waals surface area contributed by atoms with Crippen molar-refractivity contribution in [3.63, 3.8) is 0 Å². The van der Waals surface area contributed by atoms with Crippen molar-refractivity contribution in [2.24, 2.45) is 5.73 Å². The van der Waals surface area contributed by atoms with Crippen molar-refractivity contribution in [2.45, 2.75) is 31.3 Å². The number of carbonyl (C=O) groups excluding carboxylic acids is 2. The molecule has 0 bridgehead atoms. The number of nitrogens with two attached hydrogens (primary N) is 1. The second-order valence-corrected chi connectivity index (χ2v) is 6.11. The van der Waals surface area contributed by atoms with Crippen LogP contribution in [-0.4, -0.2) is 23.9 Å². The number of benzene rings is 2. The van der Waals surface area contributed by atoms with E-state index in [2.05, 4.69) is 10.6 Å². The van der Waals surface area contributed by atoms with Gasteiger partial charge in [0.05, 0.1) is 6.04 Å². The van der Waals surface area contributed by atoms with Crippen LogP contribution in [-0.2, 0) is 11.2 Å². The Hall–Kier alpha value is -2.66. The molecule has 0 heterocycles. The van der Waals surface area contributed by atoms with E-state index >= 15 is 0 Å². The molecule has 1 unspecified atom stereocenters. The zero-order valence-corrected chi connectivity index (χ0v) is 13.4. The van der Waals surface area contributed by atoms with Gasteiger partial charge in [-0.1, -0.05) is 30.3 Å². The Morgan fingerprint density at radius 2 is 1.71 bits per heavy atom. The Kier molecular flexibility index (Phi) is 4.91. The fourth-order valence-corrected chi connectivity index (χ4v) is 2.40. The highest BCUT2D eigenvalue weighted by Crippen LogP contribution is 2.19. The van der Waals surface area contributed by atoms with Crippen molar-refractivity contribution in [1.82, 2.24) is 5.32 Å². The number of hydrogen-bond donors (Lipinski definition) is 3. The minimum absolute atomic E-state index is 0.0730. The van der Waals surface area contributed by atoms with Crippen LogP contribution in [0.5, 0.6) is 0 Å². The van der Waals surface area contributed by atoms with Gasteiger partial charge in [-0.25, -0.2) is 0 Å². The lowest BCUT2D eigenvalue weighted by Crippen LogP contribution is -2.37. The van der Waals surface area contributed by atoms with E-state index in [1.807, 2.05) is 30.3 Å². The van der Waals surface area contributed by atoms with E-state index in [4.69, 9.17) is 5.73 Å². The van der Waals surface area contributed by atoms with Gasteiger partial charge >= 0.3 is 0 Å². The summed E-state index contributed by atoms with van der Waals surface area (Å²) in [5.41, 5.74) is 8.20. The number of amides is 2. The van der Waals surface area contributed by atoms with E-state index in [0.717, 1.165) is 18.4 Å². The molecule has 2 aromatic carbocycles. The van der Waals surface area contributed by atoms with Gasteiger partial charge in [0.1, 0.15) is 0 Å². The Bertz CT molecular complexity index is 709. The predicted molar refractivity (Wildman–Crippen MR) is 93.7 cm³/mol. The number of carbonyl (C=O) groups is 2. The lowest BCUT2D eigenvalue weighted by atomic mass is 10.1. The second kappa shape index (κ2) is 7.27. The number of nitrogens with one attached hydrogen (secondary N) is 2. The number of anilines is 1. The molecule has 1 saturated carbocycles. The largest absolute Gasteiger partial charge is 0.349 e. The van der Waals surface area contributed by atoms with Crippen LogP contribution < -0.4 is 16.4 Å². The van der Waals surface area contributed by atoms with E-state index in [-0.39, 0.29) is 11.8 Å². The third kappa shape index (κ3) is 4.43. The third-order valence-electron chi connectivity index (χ3n) is 3.96. The van der Waals surface area contributed by atoms with Gasteiger partial charge < -0.3 is 16.4 Å². The van der Waals surface area contributed by atoms with Crippen LogP contribution in [0.1, 0.15) is 28.8 Å². The maximum atomic E-state index is 12.2. The Balaban J connectivity index is 1.54. The van der Waals surface area contributed by atoms with Crippen LogP contribution in [0, 0.1) is 0 Å². The summed E-state index contributed by atoms with van der Waals surface area (Å²) < 4.78 is 0. The first-order valence-electron chi connectivity index (χ1n) is 8.13. The molecule has 1 fully saturated rings. The number of rotatable bonds is 6. The third-order valence-corrected chi connectivity index (χ3v) is 3.96. The zero-order chi connectivity index (χ0) is 16.9. The van der Waals surface area contributed by atoms with Gasteiger partial charge in [-0.3, -0.25) is 9.59 Å². The first-order valence-corrected chi connectivity index (χ1v) is 8.13. The summed E-state index contributed by atoms with van der Waals surface area (Å²) in [4.78, 5) is 24.1. The number of hydrogen-bond acceptors (Lipinski definition) is 3. The summed E-state index contributed by atoms with van der Waals surface area (Å²) in [6.45, 7) is 0. The maximum absolute atomic E-state index is 12.2. The summed E-state index contributed by atoms with van der Waals surface area (Å²) in [6.07, 6.45) is 2.59. The van der Waals surface area contributed by atoms with Gasteiger partial charge in [0.15, 0.2) is 0 Å². The molecule has 0 aromatic heterocycles. The first-order chi connectivity index (χ1) is 11.6. The Labute approximate surface area is 141 Å². The quantitative estimate of drug-likeness (QED) is 0.761. The van der Waals surface area contributed by atoms with Crippen LogP contribution in [0.3, 0.4) is 0 Å². The highest BCUT2D eigenvalue weighted by Gasteiger charge is 2.23. The Morgan fingerprint density at radius 3 is 2.33 bits per heavy atom. The molecular weight excluding hydrogens is 302 g/mol. The monoisotopic (exact) mass is 323 g/mol. The molecular formula is C19H21N3O2. The molecule has 2 aromatic rings. The average molecular weight is 323 g/mol. The predicted octanol–water partition coefficient (Wildman–Crippen LogP) is 2.09. The lowest BCUT2D eigenvalue weighted by Gasteiger charge is -2.13. The van der Waals surface area contributed by atoms with Crippen molar-refractivity contribution in [2.75, 3.05) is 5.32 Å². The Morgan fingerprint density at radius 1 is 1.04 bits per heavy atom. The molecule has 2 amide bonds. The van der Waals surface area contributed by atoms with Crippen molar-refractivity contribution < 1.29 is 9.59 Å². The molecule has 1 atom stereocenters. The van der Waals surface area contributed by atoms with Gasteiger partial charge in [0.2, 0.25) is 5.91 Å². The molecule has 0 spiro atoms. The van der Waals surface area contributed by atoms with Gasteiger partial charge in [0, 0.05) is 17.3 Å². The van der Waals surface area contributed by atoms with Crippen molar-refractivity contribution in [3.05, 3.63) is 65.7 Å². The van der Waals surface area contributed by atoms with Gasteiger partial charge in [-0.2, -0.15) is 0 Å². The smallest absolute Gasteiger partial charge is 0.251 e. The van der Waals surface area contributed by atoms with Crippen LogP contribution >= 0.6 is 0 Å². The van der Waals surface area contributed by atoms with E-state index in [1.54, 1.807) is 24.3 Å². The zero-order valence-electron chi connectivity index (χ0n) is 13.4. The molecule has 0 saturated heterocycles. The molecule has 5 nitrogen and oxygen atoms in total. The van der Waals surface area contributed by atoms with E-state index in [1.165, 1.54) is 0 Å². The summed E-state index contributed by atoms with van der Waals surface area (Å²) in [5.74, 6) is -0.315. The molecule has 124 valence electrons. The summed E-state index contributed by atoms with van der Waals surface area (Å²) >= 11 is 0. The summed E-state index contributed by atoms with van der Waals surface area (Å²) in [7, 11) is 0. The van der Waals surface area contributed by atoms with Crippen LogP contribution in [0.4, 0.5) is 5.69 Å². The minimum Gasteiger partial charge on any atom is -0.349 e. The molecule has 4 N–H and O–H groups in total. The van der Waals surface area contributed by atoms with Crippen molar-refractivity contribution in [3.8, 4) is 0 Å². The molecule has 0 aliphatic heterocycles. The van der Waals surface area contributed by atoms with Crippen molar-refractivity contribution >= 4 is 17.5 Å². The molecule has 24 heavy (non-hydrogen) atoms. The van der Waals surface area contributed by atoms with Crippen LogP contribution in [0.15, 0.2) is 54.6 Å². The normalized spacial score (nSPS) is 14.7. The molecule has 1 aliphatic rings. The maximum Gasteiger partial charge on any atom is 0.251 e. The van der Waals surface area contributed by atoms with Crippen LogP contribution in [0.2, 0.25) is 0 Å². The van der Waals surface area contributed by atoms with Crippen LogP contribution in [0.25, 0.3) is 0 Å². The van der Waals surface area contributed by atoms with Crippen molar-refractivity contribution in [1.29, 1.82) is 0 Å². The van der Waals surface area contributed by atoms with E-state index < -0.39 is 6.04 Å². The highest BCUT2D eigenvalue weighted by atomic mass is 16.2. The highest BCUT2D eigenvalue weighted by molar-refractivity contribution is 5.97. The molecule has 1 aliphatic carbocycles. The van der Waals surface area contributed by atoms with E-state index in [9.17, 15) is 9.59 Å². The fraction of sp³-hybridized carbons (Fsp3) is 0.263. The summed E-state index contributed by atoms with van der Waals surface area (Å²) in [5, 5.41) is 5.72. The van der Waals surface area contributed by atoms with E-state index in [0.29, 0.717) is 23.7 Å². The standard InChI is InChI=1S/C19H21N3O2/c20-17(12-13-4-2-1-3-5-13)19(24)22-15-8-6-14(7-9-15)18(23)21-16-10-11-16/h1-9,16-17H,10-12,20H2,(H,21,23)(H,22,24). The SMILES string of the molecule is NC(Cc1ccccc1)C(=O)Nc1ccc(C(=O)NC2CC2)cc1. The first kappa shape index (κ1) is 16.2. The fourth-order valence-electron chi connectivity index (χ4n) is 2.40. The lowest BCUT2D eigenvalue weighted by molar-refractivity contribution is -0.117.